The Balaban J connectivity index is 1.53. The van der Waals surface area contributed by atoms with E-state index in [4.69, 9.17) is 9.97 Å². The molecule has 1 fully saturated rings. The van der Waals surface area contributed by atoms with Gasteiger partial charge in [0.1, 0.15) is 11.6 Å². The largest absolute Gasteiger partial charge is 0.354 e. The van der Waals surface area contributed by atoms with E-state index in [1.807, 2.05) is 54.7 Å². The van der Waals surface area contributed by atoms with Crippen LogP contribution in [0.4, 0.5) is 17.3 Å². The molecule has 1 aliphatic heterocycles. The average molecular weight is 371 g/mol. The first-order chi connectivity index (χ1) is 13.8. The first-order valence-corrected chi connectivity index (χ1v) is 9.45. The van der Waals surface area contributed by atoms with Crippen molar-refractivity contribution in [1.82, 2.24) is 25.5 Å². The molecule has 0 bridgehead atoms. The Morgan fingerprint density at radius 1 is 0.929 bits per heavy atom. The van der Waals surface area contributed by atoms with E-state index >= 15 is 0 Å². The number of H-pyrrole nitrogens is 1. The number of aromatic nitrogens is 4. The highest BCUT2D eigenvalue weighted by Crippen LogP contribution is 2.26. The van der Waals surface area contributed by atoms with Crippen LogP contribution in [-0.2, 0) is 0 Å². The van der Waals surface area contributed by atoms with E-state index in [2.05, 4.69) is 31.8 Å². The zero-order valence-corrected chi connectivity index (χ0v) is 15.4. The molecule has 1 aliphatic rings. The summed E-state index contributed by atoms with van der Waals surface area (Å²) in [5.74, 6) is 2.45. The number of nitrogens with zero attached hydrogens (tertiary/aromatic N) is 4. The van der Waals surface area contributed by atoms with Crippen LogP contribution in [0.2, 0.25) is 0 Å². The summed E-state index contributed by atoms with van der Waals surface area (Å²) >= 11 is 0. The van der Waals surface area contributed by atoms with Gasteiger partial charge in [-0.3, -0.25) is 5.10 Å². The SMILES string of the molecule is c1ccc(-c2nc(Nc3ccc4[nH]ncc4c3)cc(N3CCNCC3)n2)cc1. The van der Waals surface area contributed by atoms with E-state index in [-0.39, 0.29) is 0 Å². The lowest BCUT2D eigenvalue weighted by molar-refractivity contribution is 0.585. The van der Waals surface area contributed by atoms with Crippen LogP contribution < -0.4 is 15.5 Å². The summed E-state index contributed by atoms with van der Waals surface area (Å²) < 4.78 is 0. The van der Waals surface area contributed by atoms with Gasteiger partial charge >= 0.3 is 0 Å². The standard InChI is InChI=1S/C21H21N7/c1-2-4-15(5-3-1)21-25-19(13-20(26-21)28-10-8-22-9-11-28)24-17-6-7-18-16(12-17)14-23-27-18/h1-7,12-14,22H,8-11H2,(H,23,27)(H,24,25,26). The number of aromatic amines is 1. The van der Waals surface area contributed by atoms with Gasteiger partial charge in [0.25, 0.3) is 0 Å². The van der Waals surface area contributed by atoms with Gasteiger partial charge < -0.3 is 15.5 Å². The zero-order valence-electron chi connectivity index (χ0n) is 15.4. The number of benzene rings is 2. The van der Waals surface area contributed by atoms with Crippen LogP contribution in [0.15, 0.2) is 60.8 Å². The van der Waals surface area contributed by atoms with Gasteiger partial charge in [0.2, 0.25) is 0 Å². The molecule has 0 amide bonds. The fourth-order valence-electron chi connectivity index (χ4n) is 3.44. The summed E-state index contributed by atoms with van der Waals surface area (Å²) in [6, 6.07) is 18.2. The van der Waals surface area contributed by atoms with Gasteiger partial charge in [0, 0.05) is 48.9 Å². The van der Waals surface area contributed by atoms with Crippen molar-refractivity contribution >= 4 is 28.2 Å². The summed E-state index contributed by atoms with van der Waals surface area (Å²) in [7, 11) is 0. The van der Waals surface area contributed by atoms with Gasteiger partial charge in [-0.15, -0.1) is 0 Å². The monoisotopic (exact) mass is 371 g/mol. The third-order valence-corrected chi connectivity index (χ3v) is 4.90. The Labute approximate surface area is 162 Å². The molecule has 3 N–H and O–H groups in total. The molecule has 0 spiro atoms. The van der Waals surface area contributed by atoms with E-state index in [0.29, 0.717) is 0 Å². The second-order valence-electron chi connectivity index (χ2n) is 6.84. The normalized spacial score (nSPS) is 14.4. The number of anilines is 3. The molecule has 140 valence electrons. The molecular weight excluding hydrogens is 350 g/mol. The van der Waals surface area contributed by atoms with E-state index in [9.17, 15) is 0 Å². The Kier molecular flexibility index (Phi) is 4.34. The molecule has 7 nitrogen and oxygen atoms in total. The topological polar surface area (TPSA) is 81.8 Å². The Hall–Kier alpha value is -3.45. The van der Waals surface area contributed by atoms with Crippen LogP contribution >= 0.6 is 0 Å². The lowest BCUT2D eigenvalue weighted by Crippen LogP contribution is -2.44. The number of rotatable bonds is 4. The number of nitrogens with one attached hydrogen (secondary N) is 3. The summed E-state index contributed by atoms with van der Waals surface area (Å²) in [4.78, 5) is 11.9. The molecular formula is C21H21N7. The van der Waals surface area contributed by atoms with Gasteiger partial charge in [-0.2, -0.15) is 5.10 Å². The van der Waals surface area contributed by atoms with E-state index in [1.54, 1.807) is 0 Å². The number of fused-ring (bicyclic) bond motifs is 1. The van der Waals surface area contributed by atoms with Crippen molar-refractivity contribution in [3.8, 4) is 11.4 Å². The number of hydrogen-bond donors (Lipinski definition) is 3. The highest BCUT2D eigenvalue weighted by atomic mass is 15.2. The smallest absolute Gasteiger partial charge is 0.163 e. The first-order valence-electron chi connectivity index (χ1n) is 9.45. The Bertz CT molecular complexity index is 1080. The van der Waals surface area contributed by atoms with Crippen molar-refractivity contribution in [1.29, 1.82) is 0 Å². The molecule has 5 rings (SSSR count). The van der Waals surface area contributed by atoms with Crippen molar-refractivity contribution in [2.24, 2.45) is 0 Å². The van der Waals surface area contributed by atoms with Crippen molar-refractivity contribution < 1.29 is 0 Å². The van der Waals surface area contributed by atoms with E-state index < -0.39 is 0 Å². The Morgan fingerprint density at radius 2 is 1.79 bits per heavy atom. The lowest BCUT2D eigenvalue weighted by atomic mass is 10.2. The van der Waals surface area contributed by atoms with E-state index in [1.165, 1.54) is 0 Å². The molecule has 2 aromatic carbocycles. The van der Waals surface area contributed by atoms with Crippen LogP contribution in [0.25, 0.3) is 22.3 Å². The van der Waals surface area contributed by atoms with Crippen LogP contribution in [-0.4, -0.2) is 46.3 Å². The highest BCUT2D eigenvalue weighted by molar-refractivity contribution is 5.82. The molecule has 0 unspecified atom stereocenters. The van der Waals surface area contributed by atoms with Crippen molar-refractivity contribution in [3.63, 3.8) is 0 Å². The van der Waals surface area contributed by atoms with Gasteiger partial charge in [0.05, 0.1) is 11.7 Å². The molecule has 0 atom stereocenters. The summed E-state index contributed by atoms with van der Waals surface area (Å²) in [6.45, 7) is 3.80. The first kappa shape index (κ1) is 16.7. The fourth-order valence-corrected chi connectivity index (χ4v) is 3.44. The fraction of sp³-hybridized carbons (Fsp3) is 0.190. The molecule has 2 aromatic heterocycles. The minimum absolute atomic E-state index is 0.725. The summed E-state index contributed by atoms with van der Waals surface area (Å²) in [6.07, 6.45) is 1.82. The maximum atomic E-state index is 4.84. The minimum Gasteiger partial charge on any atom is -0.354 e. The second-order valence-corrected chi connectivity index (χ2v) is 6.84. The van der Waals surface area contributed by atoms with E-state index in [0.717, 1.165) is 65.8 Å². The van der Waals surface area contributed by atoms with Gasteiger partial charge in [-0.25, -0.2) is 9.97 Å². The molecule has 4 aromatic rings. The van der Waals surface area contributed by atoms with Gasteiger partial charge in [0.15, 0.2) is 5.82 Å². The maximum absolute atomic E-state index is 4.84. The minimum atomic E-state index is 0.725. The average Bonchev–Trinajstić information content (AvgIpc) is 3.23. The molecule has 28 heavy (non-hydrogen) atoms. The lowest BCUT2D eigenvalue weighted by Gasteiger charge is -2.29. The Morgan fingerprint density at radius 3 is 2.64 bits per heavy atom. The van der Waals surface area contributed by atoms with Crippen LogP contribution in [0, 0.1) is 0 Å². The highest BCUT2D eigenvalue weighted by Gasteiger charge is 2.15. The zero-order chi connectivity index (χ0) is 18.8. The molecule has 0 aliphatic carbocycles. The van der Waals surface area contributed by atoms with Crippen molar-refractivity contribution in [3.05, 3.63) is 60.8 Å². The van der Waals surface area contributed by atoms with Gasteiger partial charge in [-0.1, -0.05) is 30.3 Å². The number of piperazine rings is 1. The maximum Gasteiger partial charge on any atom is 0.163 e. The van der Waals surface area contributed by atoms with Gasteiger partial charge in [-0.05, 0) is 18.2 Å². The van der Waals surface area contributed by atoms with Crippen LogP contribution in [0.5, 0.6) is 0 Å². The third-order valence-electron chi connectivity index (χ3n) is 4.90. The summed E-state index contributed by atoms with van der Waals surface area (Å²) in [5, 5.41) is 15.0. The molecule has 3 heterocycles. The van der Waals surface area contributed by atoms with Crippen molar-refractivity contribution in [2.75, 3.05) is 36.4 Å². The predicted octanol–water partition coefficient (Wildman–Crippen LogP) is 3.17. The number of hydrogen-bond acceptors (Lipinski definition) is 6. The van der Waals surface area contributed by atoms with Crippen LogP contribution in [0.1, 0.15) is 0 Å². The third kappa shape index (κ3) is 3.39. The molecule has 1 saturated heterocycles. The second kappa shape index (κ2) is 7.28. The van der Waals surface area contributed by atoms with Crippen LogP contribution in [0.3, 0.4) is 0 Å². The molecule has 7 heteroatoms. The predicted molar refractivity (Wildman–Crippen MR) is 112 cm³/mol. The van der Waals surface area contributed by atoms with Crippen molar-refractivity contribution in [2.45, 2.75) is 0 Å². The summed E-state index contributed by atoms with van der Waals surface area (Å²) in [5.41, 5.74) is 2.99. The molecule has 0 radical (unpaired) electrons. The molecule has 0 saturated carbocycles. The quantitative estimate of drug-likeness (QED) is 0.511.